The minimum atomic E-state index is 0.245. The van der Waals surface area contributed by atoms with E-state index in [1.807, 2.05) is 24.3 Å². The monoisotopic (exact) mass is 319 g/mol. The van der Waals surface area contributed by atoms with Gasteiger partial charge >= 0.3 is 0 Å². The quantitative estimate of drug-likeness (QED) is 0.710. The van der Waals surface area contributed by atoms with Gasteiger partial charge in [0.15, 0.2) is 0 Å². The number of nitrogens with zero attached hydrogens (tertiary/aromatic N) is 2. The van der Waals surface area contributed by atoms with Gasteiger partial charge in [-0.25, -0.2) is 4.98 Å². The fourth-order valence-corrected chi connectivity index (χ4v) is 3.40. The van der Waals surface area contributed by atoms with Crippen molar-refractivity contribution in [2.45, 2.75) is 13.8 Å². The predicted molar refractivity (Wildman–Crippen MR) is 88.2 cm³/mol. The highest BCUT2D eigenvalue weighted by Gasteiger charge is 2.14. The summed E-state index contributed by atoms with van der Waals surface area (Å²) in [5.41, 5.74) is 2.07. The Balaban J connectivity index is 2.11. The number of rotatable bonds is 3. The number of fused-ring (bicyclic) bond motifs is 1. The Morgan fingerprint density at radius 2 is 2.05 bits per heavy atom. The number of benzene rings is 1. The van der Waals surface area contributed by atoms with Gasteiger partial charge in [-0.15, -0.1) is 11.3 Å². The summed E-state index contributed by atoms with van der Waals surface area (Å²) in [6.07, 6.45) is 0. The Hall–Kier alpha value is -1.85. The Morgan fingerprint density at radius 1 is 1.24 bits per heavy atom. The molecule has 4 nitrogen and oxygen atoms in total. The van der Waals surface area contributed by atoms with Crippen molar-refractivity contribution < 1.29 is 4.74 Å². The average Bonchev–Trinajstić information content (AvgIpc) is 2.74. The lowest BCUT2D eigenvalue weighted by Crippen LogP contribution is -1.97. The predicted octanol–water partition coefficient (Wildman–Crippen LogP) is 4.71. The second kappa shape index (κ2) is 5.50. The molecule has 0 aliphatic heterocycles. The third-order valence-corrected chi connectivity index (χ3v) is 4.60. The van der Waals surface area contributed by atoms with Gasteiger partial charge in [0.25, 0.3) is 0 Å². The van der Waals surface area contributed by atoms with Crippen LogP contribution in [0.1, 0.15) is 10.4 Å². The van der Waals surface area contributed by atoms with Crippen LogP contribution in [0.2, 0.25) is 5.28 Å². The highest BCUT2D eigenvalue weighted by molar-refractivity contribution is 7.18. The number of aromatic nitrogens is 2. The maximum Gasteiger partial charge on any atom is 0.225 e. The summed E-state index contributed by atoms with van der Waals surface area (Å²) in [5.74, 6) is 1.51. The van der Waals surface area contributed by atoms with Gasteiger partial charge in [-0.1, -0.05) is 6.07 Å². The molecule has 0 unspecified atom stereocenters. The molecule has 0 atom stereocenters. The van der Waals surface area contributed by atoms with E-state index in [4.69, 9.17) is 16.3 Å². The highest BCUT2D eigenvalue weighted by atomic mass is 35.5. The summed E-state index contributed by atoms with van der Waals surface area (Å²) in [6, 6.07) is 7.69. The summed E-state index contributed by atoms with van der Waals surface area (Å²) in [7, 11) is 1.64. The molecule has 0 amide bonds. The molecule has 0 saturated heterocycles. The molecule has 0 aliphatic rings. The first-order valence-electron chi connectivity index (χ1n) is 6.43. The van der Waals surface area contributed by atoms with Crippen LogP contribution < -0.4 is 10.1 Å². The molecule has 6 heteroatoms. The van der Waals surface area contributed by atoms with E-state index < -0.39 is 0 Å². The van der Waals surface area contributed by atoms with Crippen LogP contribution in [0.15, 0.2) is 24.3 Å². The van der Waals surface area contributed by atoms with Gasteiger partial charge in [0.1, 0.15) is 16.4 Å². The van der Waals surface area contributed by atoms with E-state index in [2.05, 4.69) is 29.1 Å². The highest BCUT2D eigenvalue weighted by Crippen LogP contribution is 2.35. The average molecular weight is 320 g/mol. The molecule has 0 bridgehead atoms. The lowest BCUT2D eigenvalue weighted by Gasteiger charge is -2.09. The van der Waals surface area contributed by atoms with Gasteiger partial charge < -0.3 is 10.1 Å². The molecule has 108 valence electrons. The number of thiophene rings is 1. The van der Waals surface area contributed by atoms with Crippen LogP contribution in [-0.4, -0.2) is 17.1 Å². The number of aryl methyl sites for hydroxylation is 2. The topological polar surface area (TPSA) is 47.0 Å². The van der Waals surface area contributed by atoms with Crippen molar-refractivity contribution in [2.24, 2.45) is 0 Å². The molecule has 0 aliphatic carbocycles. The summed E-state index contributed by atoms with van der Waals surface area (Å²) in [6.45, 7) is 4.15. The van der Waals surface area contributed by atoms with Crippen molar-refractivity contribution in [3.05, 3.63) is 40.0 Å². The first-order valence-corrected chi connectivity index (χ1v) is 7.62. The molecule has 0 saturated carbocycles. The number of hydrogen-bond donors (Lipinski definition) is 1. The zero-order valence-corrected chi connectivity index (χ0v) is 13.5. The van der Waals surface area contributed by atoms with Crippen LogP contribution in [0.3, 0.4) is 0 Å². The zero-order chi connectivity index (χ0) is 15.0. The van der Waals surface area contributed by atoms with Gasteiger partial charge in [0, 0.05) is 16.6 Å². The molecule has 21 heavy (non-hydrogen) atoms. The van der Waals surface area contributed by atoms with Crippen molar-refractivity contribution >= 4 is 44.7 Å². The SMILES string of the molecule is COc1cccc(Nc2nc(Cl)nc3sc(C)c(C)c23)c1. The van der Waals surface area contributed by atoms with E-state index >= 15 is 0 Å². The second-order valence-corrected chi connectivity index (χ2v) is 6.20. The van der Waals surface area contributed by atoms with Gasteiger partial charge in [-0.3, -0.25) is 0 Å². The summed E-state index contributed by atoms with van der Waals surface area (Å²) in [5, 5.41) is 4.57. The van der Waals surface area contributed by atoms with E-state index in [9.17, 15) is 0 Å². The van der Waals surface area contributed by atoms with Crippen LogP contribution in [0, 0.1) is 13.8 Å². The number of ether oxygens (including phenoxy) is 1. The van der Waals surface area contributed by atoms with E-state index in [1.54, 1.807) is 18.4 Å². The van der Waals surface area contributed by atoms with Gasteiger partial charge in [0.05, 0.1) is 12.5 Å². The van der Waals surface area contributed by atoms with Crippen LogP contribution >= 0.6 is 22.9 Å². The zero-order valence-electron chi connectivity index (χ0n) is 11.9. The molecule has 1 N–H and O–H groups in total. The summed E-state index contributed by atoms with van der Waals surface area (Å²) >= 11 is 7.66. The van der Waals surface area contributed by atoms with Crippen molar-refractivity contribution in [3.8, 4) is 5.75 Å². The Bertz CT molecular complexity index is 816. The Morgan fingerprint density at radius 3 is 2.81 bits per heavy atom. The smallest absolute Gasteiger partial charge is 0.225 e. The fourth-order valence-electron chi connectivity index (χ4n) is 2.15. The molecular formula is C15H14ClN3OS. The van der Waals surface area contributed by atoms with Crippen molar-refractivity contribution in [1.29, 1.82) is 0 Å². The Kier molecular flexibility index (Phi) is 3.69. The molecule has 2 heterocycles. The molecule has 2 aromatic heterocycles. The molecule has 1 aromatic carbocycles. The Labute approximate surface area is 131 Å². The van der Waals surface area contributed by atoms with E-state index in [0.717, 1.165) is 27.5 Å². The van der Waals surface area contributed by atoms with E-state index in [0.29, 0.717) is 0 Å². The van der Waals surface area contributed by atoms with E-state index in [1.165, 1.54) is 10.4 Å². The van der Waals surface area contributed by atoms with Crippen LogP contribution in [-0.2, 0) is 0 Å². The van der Waals surface area contributed by atoms with Gasteiger partial charge in [-0.2, -0.15) is 4.98 Å². The molecule has 3 aromatic rings. The third kappa shape index (κ3) is 2.66. The van der Waals surface area contributed by atoms with Crippen LogP contribution in [0.4, 0.5) is 11.5 Å². The molecule has 0 fully saturated rings. The minimum Gasteiger partial charge on any atom is -0.497 e. The van der Waals surface area contributed by atoms with Crippen LogP contribution in [0.25, 0.3) is 10.2 Å². The van der Waals surface area contributed by atoms with Crippen molar-refractivity contribution in [3.63, 3.8) is 0 Å². The standard InChI is InChI=1S/C15H14ClN3OS/c1-8-9(2)21-14-12(8)13(18-15(16)19-14)17-10-5-4-6-11(7-10)20-3/h4-7H,1-3H3,(H,17,18,19). The van der Waals surface area contributed by atoms with Gasteiger partial charge in [-0.05, 0) is 43.1 Å². The first-order chi connectivity index (χ1) is 10.1. The third-order valence-electron chi connectivity index (χ3n) is 3.33. The minimum absolute atomic E-state index is 0.245. The molecule has 0 radical (unpaired) electrons. The first kappa shape index (κ1) is 14.1. The number of anilines is 2. The molecular weight excluding hydrogens is 306 g/mol. The molecule has 0 spiro atoms. The lowest BCUT2D eigenvalue weighted by atomic mass is 10.2. The normalized spacial score (nSPS) is 10.9. The maximum atomic E-state index is 6.03. The van der Waals surface area contributed by atoms with Gasteiger partial charge in [0.2, 0.25) is 5.28 Å². The second-order valence-electron chi connectivity index (χ2n) is 4.66. The van der Waals surface area contributed by atoms with Crippen LogP contribution in [0.5, 0.6) is 5.75 Å². The number of halogens is 1. The number of methoxy groups -OCH3 is 1. The fraction of sp³-hybridized carbons (Fsp3) is 0.200. The lowest BCUT2D eigenvalue weighted by molar-refractivity contribution is 0.415. The van der Waals surface area contributed by atoms with Crippen molar-refractivity contribution in [1.82, 2.24) is 9.97 Å². The molecule has 3 rings (SSSR count). The number of nitrogens with one attached hydrogen (secondary N) is 1. The summed E-state index contributed by atoms with van der Waals surface area (Å²) < 4.78 is 5.23. The largest absolute Gasteiger partial charge is 0.497 e. The van der Waals surface area contributed by atoms with E-state index in [-0.39, 0.29) is 5.28 Å². The maximum absolute atomic E-state index is 6.03. The summed E-state index contributed by atoms with van der Waals surface area (Å²) in [4.78, 5) is 10.8. The number of hydrogen-bond acceptors (Lipinski definition) is 5. The van der Waals surface area contributed by atoms with Crippen molar-refractivity contribution in [2.75, 3.05) is 12.4 Å².